The minimum absolute atomic E-state index is 0.143. The molecule has 148 valence electrons. The highest BCUT2D eigenvalue weighted by atomic mass is 19.4. The van der Waals surface area contributed by atoms with Gasteiger partial charge in [-0.1, -0.05) is 25.8 Å². The van der Waals surface area contributed by atoms with Crippen LogP contribution in [0.2, 0.25) is 0 Å². The topological polar surface area (TPSA) is 47.5 Å². The number of anilines is 2. The molecule has 0 radical (unpaired) electrons. The Morgan fingerprint density at radius 2 is 1.93 bits per heavy atom. The second-order valence-electron chi connectivity index (χ2n) is 5.89. The fourth-order valence-electron chi connectivity index (χ4n) is 2.53. The van der Waals surface area contributed by atoms with E-state index in [9.17, 15) is 13.2 Å². The maximum atomic E-state index is 13.3. The molecule has 5 nitrogen and oxygen atoms in total. The van der Waals surface area contributed by atoms with Gasteiger partial charge in [-0.3, -0.25) is 0 Å². The summed E-state index contributed by atoms with van der Waals surface area (Å²) in [6, 6.07) is 7.16. The van der Waals surface area contributed by atoms with Gasteiger partial charge in [-0.15, -0.1) is 0 Å². The van der Waals surface area contributed by atoms with Gasteiger partial charge in [0.15, 0.2) is 0 Å². The van der Waals surface area contributed by atoms with E-state index in [0.29, 0.717) is 24.4 Å². The molecule has 0 aliphatic carbocycles. The SMILES string of the molecule is CCCCCOc1nc(N(CC)c2cccc(OC)c2)ncc1C(F)(F)F. The molecule has 1 heterocycles. The van der Waals surface area contributed by atoms with E-state index in [2.05, 4.69) is 9.97 Å². The molecule has 8 heteroatoms. The number of aromatic nitrogens is 2. The molecule has 0 N–H and O–H groups in total. The standard InChI is InChI=1S/C19H24F3N3O2/c1-4-6-7-11-27-17-16(19(20,21)22)13-23-18(24-17)25(5-2)14-9-8-10-15(12-14)26-3/h8-10,12-13H,4-7,11H2,1-3H3. The van der Waals surface area contributed by atoms with Gasteiger partial charge in [-0.2, -0.15) is 18.2 Å². The lowest BCUT2D eigenvalue weighted by Crippen LogP contribution is -2.21. The quantitative estimate of drug-likeness (QED) is 0.555. The molecule has 0 saturated heterocycles. The third-order valence-electron chi connectivity index (χ3n) is 3.96. The molecule has 1 aromatic heterocycles. The monoisotopic (exact) mass is 383 g/mol. The lowest BCUT2D eigenvalue weighted by Gasteiger charge is -2.23. The van der Waals surface area contributed by atoms with Gasteiger partial charge in [0.05, 0.1) is 13.7 Å². The fraction of sp³-hybridized carbons (Fsp3) is 0.474. The molecule has 0 aliphatic rings. The van der Waals surface area contributed by atoms with E-state index in [1.807, 2.05) is 19.9 Å². The minimum atomic E-state index is -4.58. The number of rotatable bonds is 9. The first-order valence-electron chi connectivity index (χ1n) is 8.89. The largest absolute Gasteiger partial charge is 0.497 e. The highest BCUT2D eigenvalue weighted by Gasteiger charge is 2.36. The molecule has 0 bridgehead atoms. The molecular weight excluding hydrogens is 359 g/mol. The number of unbranched alkanes of at least 4 members (excludes halogenated alkanes) is 2. The average Bonchev–Trinajstić information content (AvgIpc) is 2.65. The van der Waals surface area contributed by atoms with E-state index in [-0.39, 0.29) is 12.6 Å². The summed E-state index contributed by atoms with van der Waals surface area (Å²) in [4.78, 5) is 9.69. The van der Waals surface area contributed by atoms with E-state index >= 15 is 0 Å². The minimum Gasteiger partial charge on any atom is -0.497 e. The van der Waals surface area contributed by atoms with Crippen molar-refractivity contribution in [3.8, 4) is 11.6 Å². The third kappa shape index (κ3) is 5.48. The second-order valence-corrected chi connectivity index (χ2v) is 5.89. The van der Waals surface area contributed by atoms with Gasteiger partial charge < -0.3 is 14.4 Å². The van der Waals surface area contributed by atoms with Crippen molar-refractivity contribution in [3.05, 3.63) is 36.0 Å². The summed E-state index contributed by atoms with van der Waals surface area (Å²) in [6.07, 6.45) is -1.30. The van der Waals surface area contributed by atoms with Crippen LogP contribution in [-0.2, 0) is 6.18 Å². The molecule has 1 aromatic carbocycles. The maximum absolute atomic E-state index is 13.3. The van der Waals surface area contributed by atoms with Crippen LogP contribution in [0.25, 0.3) is 0 Å². The zero-order valence-electron chi connectivity index (χ0n) is 15.7. The molecule has 0 atom stereocenters. The Labute approximate surface area is 157 Å². The average molecular weight is 383 g/mol. The van der Waals surface area contributed by atoms with Gasteiger partial charge in [-0.05, 0) is 25.5 Å². The number of ether oxygens (including phenoxy) is 2. The third-order valence-corrected chi connectivity index (χ3v) is 3.96. The number of hydrogen-bond donors (Lipinski definition) is 0. The highest BCUT2D eigenvalue weighted by molar-refractivity contribution is 5.59. The van der Waals surface area contributed by atoms with Crippen LogP contribution in [0.1, 0.15) is 38.7 Å². The molecule has 0 fully saturated rings. The van der Waals surface area contributed by atoms with Gasteiger partial charge in [0.1, 0.15) is 11.3 Å². The van der Waals surface area contributed by atoms with Gasteiger partial charge in [0.2, 0.25) is 11.8 Å². The van der Waals surface area contributed by atoms with Crippen molar-refractivity contribution < 1.29 is 22.6 Å². The summed E-state index contributed by atoms with van der Waals surface area (Å²) < 4.78 is 50.4. The summed E-state index contributed by atoms with van der Waals surface area (Å²) >= 11 is 0. The Balaban J connectivity index is 2.36. The predicted molar refractivity (Wildman–Crippen MR) is 97.7 cm³/mol. The Kier molecular flexibility index (Phi) is 7.27. The zero-order valence-corrected chi connectivity index (χ0v) is 15.7. The van der Waals surface area contributed by atoms with Gasteiger partial charge >= 0.3 is 6.18 Å². The van der Waals surface area contributed by atoms with Crippen molar-refractivity contribution in [2.45, 2.75) is 39.3 Å². The molecule has 2 aromatic rings. The van der Waals surface area contributed by atoms with Crippen LogP contribution in [0.3, 0.4) is 0 Å². The van der Waals surface area contributed by atoms with Gasteiger partial charge in [0, 0.05) is 24.5 Å². The molecule has 0 saturated carbocycles. The first-order chi connectivity index (χ1) is 12.9. The van der Waals surface area contributed by atoms with E-state index < -0.39 is 17.6 Å². The predicted octanol–water partition coefficient (Wildman–Crippen LogP) is 5.23. The van der Waals surface area contributed by atoms with Gasteiger partial charge in [-0.25, -0.2) is 4.98 Å². The van der Waals surface area contributed by atoms with Crippen LogP contribution in [0.15, 0.2) is 30.5 Å². The smallest absolute Gasteiger partial charge is 0.423 e. The van der Waals surface area contributed by atoms with E-state index in [4.69, 9.17) is 9.47 Å². The normalized spacial score (nSPS) is 11.3. The fourth-order valence-corrected chi connectivity index (χ4v) is 2.53. The van der Waals surface area contributed by atoms with Crippen LogP contribution < -0.4 is 14.4 Å². The van der Waals surface area contributed by atoms with E-state index in [1.54, 1.807) is 30.2 Å². The Morgan fingerprint density at radius 1 is 1.15 bits per heavy atom. The van der Waals surface area contributed by atoms with E-state index in [1.165, 1.54) is 0 Å². The van der Waals surface area contributed by atoms with E-state index in [0.717, 1.165) is 19.0 Å². The molecule has 0 aliphatic heterocycles. The first-order valence-corrected chi connectivity index (χ1v) is 8.89. The number of alkyl halides is 3. The van der Waals surface area contributed by atoms with Gasteiger partial charge in [0.25, 0.3) is 0 Å². The highest BCUT2D eigenvalue weighted by Crippen LogP contribution is 2.36. The lowest BCUT2D eigenvalue weighted by atomic mass is 10.2. The van der Waals surface area contributed by atoms with Crippen molar-refractivity contribution in [1.82, 2.24) is 9.97 Å². The molecular formula is C19H24F3N3O2. The molecule has 0 amide bonds. The number of hydrogen-bond acceptors (Lipinski definition) is 5. The Hall–Kier alpha value is -2.51. The van der Waals surface area contributed by atoms with Crippen molar-refractivity contribution in [3.63, 3.8) is 0 Å². The van der Waals surface area contributed by atoms with Crippen LogP contribution in [0.4, 0.5) is 24.8 Å². The number of halogens is 3. The summed E-state index contributed by atoms with van der Waals surface area (Å²) in [7, 11) is 1.55. The van der Waals surface area contributed by atoms with Crippen molar-refractivity contribution in [2.24, 2.45) is 0 Å². The maximum Gasteiger partial charge on any atom is 0.423 e. The van der Waals surface area contributed by atoms with Crippen molar-refractivity contribution in [1.29, 1.82) is 0 Å². The molecule has 2 rings (SSSR count). The Bertz CT molecular complexity index is 738. The van der Waals surface area contributed by atoms with Crippen molar-refractivity contribution >= 4 is 11.6 Å². The molecule has 0 unspecified atom stereocenters. The van der Waals surface area contributed by atoms with Crippen LogP contribution >= 0.6 is 0 Å². The van der Waals surface area contributed by atoms with Crippen LogP contribution in [0.5, 0.6) is 11.6 Å². The Morgan fingerprint density at radius 3 is 2.56 bits per heavy atom. The first kappa shape index (κ1) is 20.8. The second kappa shape index (κ2) is 9.43. The summed E-state index contributed by atoms with van der Waals surface area (Å²) in [5.41, 5.74) is -0.252. The summed E-state index contributed by atoms with van der Waals surface area (Å²) in [5.74, 6) is 0.336. The molecule has 27 heavy (non-hydrogen) atoms. The number of benzene rings is 1. The summed E-state index contributed by atoms with van der Waals surface area (Å²) in [5, 5.41) is 0. The number of methoxy groups -OCH3 is 1. The number of nitrogens with zero attached hydrogens (tertiary/aromatic N) is 3. The summed E-state index contributed by atoms with van der Waals surface area (Å²) in [6.45, 7) is 4.52. The van der Waals surface area contributed by atoms with Crippen LogP contribution in [0, 0.1) is 0 Å². The zero-order chi connectivity index (χ0) is 19.9. The van der Waals surface area contributed by atoms with Crippen molar-refractivity contribution in [2.75, 3.05) is 25.2 Å². The van der Waals surface area contributed by atoms with Crippen LogP contribution in [-0.4, -0.2) is 30.2 Å². The lowest BCUT2D eigenvalue weighted by molar-refractivity contribution is -0.139. The molecule has 0 spiro atoms.